The number of carbonyl (C=O) groups is 2. The van der Waals surface area contributed by atoms with Crippen LogP contribution in [0.3, 0.4) is 0 Å². The third-order valence-electron chi connectivity index (χ3n) is 4.33. The first-order chi connectivity index (χ1) is 14.0. The van der Waals surface area contributed by atoms with Crippen molar-refractivity contribution in [1.29, 1.82) is 0 Å². The second-order valence-corrected chi connectivity index (χ2v) is 7.70. The molecule has 0 fully saturated rings. The van der Waals surface area contributed by atoms with Gasteiger partial charge in [-0.2, -0.15) is 0 Å². The molecule has 0 saturated heterocycles. The topological polar surface area (TPSA) is 78.4 Å². The highest BCUT2D eigenvalue weighted by Crippen LogP contribution is 2.26. The number of rotatable bonds is 10. The molecule has 0 spiro atoms. The van der Waals surface area contributed by atoms with Gasteiger partial charge >= 0.3 is 0 Å². The molecule has 0 aliphatic carbocycles. The maximum absolute atomic E-state index is 12.9. The van der Waals surface area contributed by atoms with Gasteiger partial charge in [0, 0.05) is 34.0 Å². The highest BCUT2D eigenvalue weighted by atomic mass is 35.5. The minimum atomic E-state index is -0.398. The number of nitrogens with one attached hydrogen (secondary N) is 2. The molecular weight excluding hydrogens is 408 g/mol. The van der Waals surface area contributed by atoms with E-state index in [1.807, 2.05) is 54.8 Å². The minimum Gasteiger partial charge on any atom is -0.352 e. The number of amides is 2. The molecule has 29 heavy (non-hydrogen) atoms. The number of hydrogen-bond donors (Lipinski definition) is 3. The molecular formula is C22H25ClN2O3S. The molecule has 3 N–H and O–H groups in total. The quantitative estimate of drug-likeness (QED) is 0.126. The molecule has 0 aliphatic heterocycles. The highest BCUT2D eigenvalue weighted by molar-refractivity contribution is 7.98. The lowest BCUT2D eigenvalue weighted by atomic mass is 10.0. The van der Waals surface area contributed by atoms with Crippen molar-refractivity contribution in [2.75, 3.05) is 12.8 Å². The van der Waals surface area contributed by atoms with Crippen molar-refractivity contribution in [3.8, 4) is 0 Å². The monoisotopic (exact) mass is 432 g/mol. The summed E-state index contributed by atoms with van der Waals surface area (Å²) in [4.78, 5) is 25.0. The van der Waals surface area contributed by atoms with Gasteiger partial charge in [0.25, 0.3) is 5.91 Å². The van der Waals surface area contributed by atoms with Crippen molar-refractivity contribution < 1.29 is 14.8 Å². The standard InChI is InChI=1S/C22H25ClN2O3S/c1-29-17-12-10-16(11-13-17)15-19(18-7-4-5-8-20(18)23)22(27)24-14-6-2-3-9-21(26)25-28/h4-5,7-8,10-13,15,28H,2-3,6,9,14H2,1H3,(H,24,27)(H,25,26)/b19-15-. The smallest absolute Gasteiger partial charge is 0.251 e. The van der Waals surface area contributed by atoms with E-state index in [4.69, 9.17) is 16.8 Å². The maximum atomic E-state index is 12.9. The van der Waals surface area contributed by atoms with E-state index in [0.717, 1.165) is 23.3 Å². The summed E-state index contributed by atoms with van der Waals surface area (Å²) in [5.74, 6) is -0.592. The third kappa shape index (κ3) is 7.57. The molecule has 2 amide bonds. The van der Waals surface area contributed by atoms with Crippen molar-refractivity contribution in [3.05, 3.63) is 64.7 Å². The van der Waals surface area contributed by atoms with Crippen LogP contribution in [0, 0.1) is 0 Å². The number of unbranched alkanes of at least 4 members (excludes halogenated alkanes) is 2. The number of hydroxylamine groups is 1. The molecule has 0 radical (unpaired) electrons. The zero-order valence-electron chi connectivity index (χ0n) is 16.3. The molecule has 0 saturated carbocycles. The van der Waals surface area contributed by atoms with Gasteiger partial charge in [0.05, 0.1) is 0 Å². The predicted octanol–water partition coefficient (Wildman–Crippen LogP) is 4.78. The lowest BCUT2D eigenvalue weighted by molar-refractivity contribution is -0.129. The first-order valence-corrected chi connectivity index (χ1v) is 11.0. The van der Waals surface area contributed by atoms with E-state index in [0.29, 0.717) is 29.1 Å². The average molecular weight is 433 g/mol. The van der Waals surface area contributed by atoms with Gasteiger partial charge in [0.1, 0.15) is 0 Å². The van der Waals surface area contributed by atoms with E-state index in [1.165, 1.54) is 0 Å². The molecule has 0 aromatic heterocycles. The van der Waals surface area contributed by atoms with E-state index >= 15 is 0 Å². The SMILES string of the molecule is CSc1ccc(/C=C(\C(=O)NCCCCCC(=O)NO)c2ccccc2Cl)cc1. The van der Waals surface area contributed by atoms with Gasteiger partial charge in [-0.25, -0.2) is 5.48 Å². The van der Waals surface area contributed by atoms with Gasteiger partial charge in [-0.15, -0.1) is 11.8 Å². The Kier molecular flexibility index (Phi) is 9.77. The van der Waals surface area contributed by atoms with Gasteiger partial charge < -0.3 is 5.32 Å². The number of thioether (sulfide) groups is 1. The second kappa shape index (κ2) is 12.3. The Balaban J connectivity index is 2.07. The molecule has 0 heterocycles. The summed E-state index contributed by atoms with van der Waals surface area (Å²) >= 11 is 8.00. The summed E-state index contributed by atoms with van der Waals surface area (Å²) in [6.45, 7) is 0.493. The van der Waals surface area contributed by atoms with Crippen LogP contribution in [0.1, 0.15) is 36.8 Å². The fourth-order valence-electron chi connectivity index (χ4n) is 2.75. The van der Waals surface area contributed by atoms with Gasteiger partial charge in [-0.1, -0.05) is 48.4 Å². The summed E-state index contributed by atoms with van der Waals surface area (Å²) in [6, 6.07) is 15.3. The molecule has 0 unspecified atom stereocenters. The van der Waals surface area contributed by atoms with Crippen LogP contribution in [-0.2, 0) is 9.59 Å². The lowest BCUT2D eigenvalue weighted by Crippen LogP contribution is -2.25. The van der Waals surface area contributed by atoms with Crippen LogP contribution < -0.4 is 10.8 Å². The molecule has 0 aliphatic rings. The van der Waals surface area contributed by atoms with E-state index in [2.05, 4.69) is 5.32 Å². The Morgan fingerprint density at radius 2 is 1.79 bits per heavy atom. The van der Waals surface area contributed by atoms with Gasteiger partial charge in [0.15, 0.2) is 0 Å². The first kappa shape index (κ1) is 23.0. The van der Waals surface area contributed by atoms with Gasteiger partial charge in [-0.3, -0.25) is 14.8 Å². The summed E-state index contributed by atoms with van der Waals surface area (Å²) in [7, 11) is 0. The zero-order chi connectivity index (χ0) is 21.1. The summed E-state index contributed by atoms with van der Waals surface area (Å²) < 4.78 is 0. The molecule has 2 rings (SSSR count). The largest absolute Gasteiger partial charge is 0.352 e. The molecule has 7 heteroatoms. The maximum Gasteiger partial charge on any atom is 0.251 e. The Morgan fingerprint density at radius 1 is 1.07 bits per heavy atom. The first-order valence-electron chi connectivity index (χ1n) is 9.37. The average Bonchev–Trinajstić information content (AvgIpc) is 2.75. The lowest BCUT2D eigenvalue weighted by Gasteiger charge is -2.11. The molecule has 0 bridgehead atoms. The van der Waals surface area contributed by atoms with Crippen molar-refractivity contribution in [2.24, 2.45) is 0 Å². The van der Waals surface area contributed by atoms with Gasteiger partial charge in [0.2, 0.25) is 5.91 Å². The fourth-order valence-corrected chi connectivity index (χ4v) is 3.40. The second-order valence-electron chi connectivity index (χ2n) is 6.41. The molecule has 0 atom stereocenters. The molecule has 5 nitrogen and oxygen atoms in total. The van der Waals surface area contributed by atoms with Crippen LogP contribution in [-0.4, -0.2) is 29.8 Å². The van der Waals surface area contributed by atoms with Crippen LogP contribution >= 0.6 is 23.4 Å². The minimum absolute atomic E-state index is 0.194. The van der Waals surface area contributed by atoms with Crippen LogP contribution in [0.2, 0.25) is 5.02 Å². The van der Waals surface area contributed by atoms with Crippen molar-refractivity contribution in [3.63, 3.8) is 0 Å². The number of hydrogen-bond acceptors (Lipinski definition) is 4. The molecule has 2 aromatic carbocycles. The van der Waals surface area contributed by atoms with Gasteiger partial charge in [-0.05, 0) is 48.9 Å². The Labute approximate surface area is 180 Å². The van der Waals surface area contributed by atoms with Crippen molar-refractivity contribution in [1.82, 2.24) is 10.8 Å². The Hall–Kier alpha value is -2.28. The van der Waals surface area contributed by atoms with Crippen LogP contribution in [0.4, 0.5) is 0 Å². The number of benzene rings is 2. The highest BCUT2D eigenvalue weighted by Gasteiger charge is 2.14. The normalized spacial score (nSPS) is 11.2. The fraction of sp³-hybridized carbons (Fsp3) is 0.273. The van der Waals surface area contributed by atoms with Crippen LogP contribution in [0.25, 0.3) is 11.6 Å². The number of halogens is 1. The van der Waals surface area contributed by atoms with Crippen LogP contribution in [0.5, 0.6) is 0 Å². The molecule has 154 valence electrons. The third-order valence-corrected chi connectivity index (χ3v) is 5.40. The van der Waals surface area contributed by atoms with Crippen LogP contribution in [0.15, 0.2) is 53.4 Å². The van der Waals surface area contributed by atoms with E-state index in [9.17, 15) is 9.59 Å². The van der Waals surface area contributed by atoms with E-state index < -0.39 is 5.91 Å². The summed E-state index contributed by atoms with van der Waals surface area (Å²) in [5, 5.41) is 11.9. The van der Waals surface area contributed by atoms with Crippen molar-refractivity contribution >= 4 is 46.8 Å². The Bertz CT molecular complexity index is 853. The number of carbonyl (C=O) groups excluding carboxylic acids is 2. The Morgan fingerprint density at radius 3 is 2.45 bits per heavy atom. The van der Waals surface area contributed by atoms with Crippen molar-refractivity contribution in [2.45, 2.75) is 30.6 Å². The predicted molar refractivity (Wildman–Crippen MR) is 119 cm³/mol. The molecule has 2 aromatic rings. The zero-order valence-corrected chi connectivity index (χ0v) is 17.9. The summed E-state index contributed by atoms with van der Waals surface area (Å²) in [6.07, 6.45) is 6.28. The van der Waals surface area contributed by atoms with E-state index in [1.54, 1.807) is 23.3 Å². The van der Waals surface area contributed by atoms with E-state index in [-0.39, 0.29) is 12.3 Å². The summed E-state index contributed by atoms with van der Waals surface area (Å²) in [5.41, 5.74) is 3.72.